The van der Waals surface area contributed by atoms with E-state index in [1.807, 2.05) is 12.1 Å². The molecule has 2 aliphatic rings. The molecule has 2 aromatic carbocycles. The van der Waals surface area contributed by atoms with Gasteiger partial charge in [-0.2, -0.15) is 23.3 Å². The second-order valence-electron chi connectivity index (χ2n) is 8.30. The summed E-state index contributed by atoms with van der Waals surface area (Å²) in [4.78, 5) is 12.6. The van der Waals surface area contributed by atoms with Gasteiger partial charge in [0.2, 0.25) is 0 Å². The van der Waals surface area contributed by atoms with Crippen LogP contribution < -0.4 is 4.74 Å². The molecule has 0 unspecified atom stereocenters. The molecule has 1 N–H and O–H groups in total. The van der Waals surface area contributed by atoms with Crippen molar-refractivity contribution < 1.29 is 27.8 Å². The van der Waals surface area contributed by atoms with Crippen LogP contribution in [0.25, 0.3) is 0 Å². The smallest absolute Gasteiger partial charge is 0.438 e. The first-order valence-corrected chi connectivity index (χ1v) is 10.8. The van der Waals surface area contributed by atoms with E-state index in [0.29, 0.717) is 17.2 Å². The van der Waals surface area contributed by atoms with Crippen LogP contribution in [0.2, 0.25) is 0 Å². The Kier molecular flexibility index (Phi) is 6.24. The molecule has 1 atom stereocenters. The number of benzene rings is 2. The zero-order valence-corrected chi connectivity index (χ0v) is 17.5. The zero-order valence-electron chi connectivity index (χ0n) is 17.5. The Bertz CT molecular complexity index is 970. The summed E-state index contributed by atoms with van der Waals surface area (Å²) in [5.41, 5.74) is -1.82. The van der Waals surface area contributed by atoms with Gasteiger partial charge in [-0.3, -0.25) is 4.79 Å². The van der Waals surface area contributed by atoms with Gasteiger partial charge in [-0.05, 0) is 42.0 Å². The number of alkyl halides is 3. The summed E-state index contributed by atoms with van der Waals surface area (Å²) in [5, 5.41) is 14.3. The predicted octanol–water partition coefficient (Wildman–Crippen LogP) is 5.00. The monoisotopic (exact) mass is 446 g/mol. The third-order valence-electron chi connectivity index (χ3n) is 6.10. The van der Waals surface area contributed by atoms with Crippen molar-refractivity contribution in [2.45, 2.75) is 56.3 Å². The molecular formula is C24H25F3N2O3. The number of amides is 1. The number of hydrogen-bond acceptors (Lipinski definition) is 4. The van der Waals surface area contributed by atoms with Crippen LogP contribution in [-0.4, -0.2) is 40.2 Å². The highest BCUT2D eigenvalue weighted by Gasteiger charge is 2.63. The molecule has 8 heteroatoms. The highest BCUT2D eigenvalue weighted by Crippen LogP contribution is 2.41. The Labute approximate surface area is 184 Å². The molecule has 1 fully saturated rings. The number of carbonyl (C=O) groups is 1. The van der Waals surface area contributed by atoms with E-state index in [0.717, 1.165) is 12.8 Å². The molecule has 170 valence electrons. The van der Waals surface area contributed by atoms with Crippen molar-refractivity contribution in [1.82, 2.24) is 5.01 Å². The first-order valence-electron chi connectivity index (χ1n) is 10.8. The number of aliphatic hydroxyl groups is 1. The first kappa shape index (κ1) is 22.3. The normalized spacial score (nSPS) is 22.0. The summed E-state index contributed by atoms with van der Waals surface area (Å²) in [6.45, 7) is -0.674. The van der Waals surface area contributed by atoms with E-state index in [-0.39, 0.29) is 10.7 Å². The van der Waals surface area contributed by atoms with Gasteiger partial charge in [0.25, 0.3) is 11.6 Å². The van der Waals surface area contributed by atoms with Crippen molar-refractivity contribution in [3.8, 4) is 5.75 Å². The molecular weight excluding hydrogens is 421 g/mol. The Morgan fingerprint density at radius 1 is 1.06 bits per heavy atom. The summed E-state index contributed by atoms with van der Waals surface area (Å²) in [6, 6.07) is 15.5. The Hall–Kier alpha value is -2.87. The number of carbonyl (C=O) groups excluding carboxylic acids is 1. The third kappa shape index (κ3) is 4.50. The highest BCUT2D eigenvalue weighted by atomic mass is 19.4. The van der Waals surface area contributed by atoms with Crippen LogP contribution in [0, 0.1) is 0 Å². The average molecular weight is 446 g/mol. The van der Waals surface area contributed by atoms with E-state index in [1.165, 1.54) is 24.8 Å². The first-order chi connectivity index (χ1) is 15.3. The number of rotatable bonds is 5. The summed E-state index contributed by atoms with van der Waals surface area (Å²) in [5.74, 6) is -0.191. The van der Waals surface area contributed by atoms with E-state index in [2.05, 4.69) is 5.10 Å². The Balaban J connectivity index is 1.46. The van der Waals surface area contributed by atoms with Crippen LogP contribution in [0.5, 0.6) is 5.75 Å². The van der Waals surface area contributed by atoms with Gasteiger partial charge < -0.3 is 9.84 Å². The largest absolute Gasteiger partial charge is 0.484 e. The summed E-state index contributed by atoms with van der Waals surface area (Å²) < 4.78 is 46.4. The summed E-state index contributed by atoms with van der Waals surface area (Å²) >= 11 is 0. The molecule has 1 saturated carbocycles. The second-order valence-corrected chi connectivity index (χ2v) is 8.30. The fourth-order valence-corrected chi connectivity index (χ4v) is 4.30. The lowest BCUT2D eigenvalue weighted by atomic mass is 9.84. The van der Waals surface area contributed by atoms with Crippen molar-refractivity contribution in [2.24, 2.45) is 5.10 Å². The highest BCUT2D eigenvalue weighted by molar-refractivity contribution is 6.03. The number of halogens is 3. The molecule has 0 bridgehead atoms. The van der Waals surface area contributed by atoms with E-state index < -0.39 is 30.8 Å². The van der Waals surface area contributed by atoms with Gasteiger partial charge in [0.15, 0.2) is 6.61 Å². The van der Waals surface area contributed by atoms with Crippen molar-refractivity contribution in [3.05, 3.63) is 65.7 Å². The van der Waals surface area contributed by atoms with Gasteiger partial charge in [0.05, 0.1) is 12.1 Å². The summed E-state index contributed by atoms with van der Waals surface area (Å²) in [6.07, 6.45) is 0.0420. The van der Waals surface area contributed by atoms with E-state index in [9.17, 15) is 23.1 Å². The zero-order chi connectivity index (χ0) is 22.8. The molecule has 4 rings (SSSR count). The van der Waals surface area contributed by atoms with Crippen molar-refractivity contribution in [3.63, 3.8) is 0 Å². The molecule has 0 radical (unpaired) electrons. The number of nitrogens with zero attached hydrogens (tertiary/aromatic N) is 2. The minimum atomic E-state index is -5.08. The van der Waals surface area contributed by atoms with E-state index in [1.54, 1.807) is 42.5 Å². The van der Waals surface area contributed by atoms with Crippen molar-refractivity contribution >= 4 is 11.6 Å². The molecule has 0 aromatic heterocycles. The van der Waals surface area contributed by atoms with Crippen LogP contribution >= 0.6 is 0 Å². The quantitative estimate of drug-likeness (QED) is 0.703. The SMILES string of the molecule is O=C(COc1ccc(C2CCCCC2)cc1)N1N=C(c2ccccc2)C[C@@]1(O)C(F)(F)F. The van der Waals surface area contributed by atoms with Gasteiger partial charge in [-0.25, -0.2) is 0 Å². The Morgan fingerprint density at radius 2 is 1.72 bits per heavy atom. The molecule has 0 saturated heterocycles. The second kappa shape index (κ2) is 8.94. The minimum absolute atomic E-state index is 0.0180. The van der Waals surface area contributed by atoms with Gasteiger partial charge in [0, 0.05) is 0 Å². The lowest BCUT2D eigenvalue weighted by Gasteiger charge is -2.32. The van der Waals surface area contributed by atoms with Crippen molar-refractivity contribution in [1.29, 1.82) is 0 Å². The molecule has 1 amide bonds. The van der Waals surface area contributed by atoms with Gasteiger partial charge >= 0.3 is 6.18 Å². The number of hydrogen-bond donors (Lipinski definition) is 1. The van der Waals surface area contributed by atoms with Crippen LogP contribution in [-0.2, 0) is 4.79 Å². The maximum Gasteiger partial charge on any atom is 0.438 e. The molecule has 1 aliphatic carbocycles. The molecule has 2 aromatic rings. The summed E-state index contributed by atoms with van der Waals surface area (Å²) in [7, 11) is 0. The fraction of sp³-hybridized carbons (Fsp3) is 0.417. The van der Waals surface area contributed by atoms with Gasteiger partial charge in [0.1, 0.15) is 5.75 Å². The van der Waals surface area contributed by atoms with Crippen LogP contribution in [0.3, 0.4) is 0 Å². The molecule has 1 aliphatic heterocycles. The van der Waals surface area contributed by atoms with Crippen LogP contribution in [0.1, 0.15) is 55.6 Å². The number of ether oxygens (including phenoxy) is 1. The molecule has 0 spiro atoms. The maximum absolute atomic E-state index is 13.7. The van der Waals surface area contributed by atoms with Gasteiger partial charge in [-0.15, -0.1) is 0 Å². The van der Waals surface area contributed by atoms with E-state index >= 15 is 0 Å². The molecule has 1 heterocycles. The lowest BCUT2D eigenvalue weighted by molar-refractivity contribution is -0.302. The van der Waals surface area contributed by atoms with E-state index in [4.69, 9.17) is 4.74 Å². The average Bonchev–Trinajstić information content (AvgIpc) is 3.18. The maximum atomic E-state index is 13.7. The van der Waals surface area contributed by atoms with Crippen LogP contribution in [0.15, 0.2) is 59.7 Å². The molecule has 5 nitrogen and oxygen atoms in total. The van der Waals surface area contributed by atoms with Gasteiger partial charge in [-0.1, -0.05) is 61.7 Å². The Morgan fingerprint density at radius 3 is 2.34 bits per heavy atom. The number of hydrazone groups is 1. The lowest BCUT2D eigenvalue weighted by Crippen LogP contribution is -2.57. The third-order valence-corrected chi connectivity index (χ3v) is 6.10. The minimum Gasteiger partial charge on any atom is -0.484 e. The van der Waals surface area contributed by atoms with Crippen LogP contribution in [0.4, 0.5) is 13.2 Å². The standard InChI is InChI=1S/C24H25F3N2O3/c25-24(26,27)23(31)15-21(19-9-5-2-6-10-19)28-29(23)22(30)16-32-20-13-11-18(12-14-20)17-7-3-1-4-8-17/h2,5-6,9-14,17,31H,1,3-4,7-8,15-16H2/t23-/m1/s1. The fourth-order valence-electron chi connectivity index (χ4n) is 4.30. The predicted molar refractivity (Wildman–Crippen MR) is 113 cm³/mol. The topological polar surface area (TPSA) is 62.1 Å². The molecule has 32 heavy (non-hydrogen) atoms. The van der Waals surface area contributed by atoms with Crippen molar-refractivity contribution in [2.75, 3.05) is 6.61 Å².